The van der Waals surface area contributed by atoms with Gasteiger partial charge in [-0.1, -0.05) is 48.5 Å². The third-order valence-electron chi connectivity index (χ3n) is 9.53. The lowest BCUT2D eigenvalue weighted by Crippen LogP contribution is -2.43. The average Bonchev–Trinajstić information content (AvgIpc) is 3.46. The first-order valence-electron chi connectivity index (χ1n) is 16.5. The monoisotopic (exact) mass is 627 g/mol. The fourth-order valence-electron chi connectivity index (χ4n) is 7.07. The molecule has 3 aliphatic rings. The van der Waals surface area contributed by atoms with Gasteiger partial charge >= 0.3 is 12.1 Å². The Bertz CT molecular complexity index is 1490. The van der Waals surface area contributed by atoms with Crippen LogP contribution < -0.4 is 20.9 Å². The zero-order valence-corrected chi connectivity index (χ0v) is 26.7. The van der Waals surface area contributed by atoms with Crippen molar-refractivity contribution in [3.63, 3.8) is 0 Å². The highest BCUT2D eigenvalue weighted by molar-refractivity contribution is 5.82. The number of amides is 1. The second-order valence-electron chi connectivity index (χ2n) is 12.6. The maximum absolute atomic E-state index is 13.2. The second kappa shape index (κ2) is 14.3. The predicted molar refractivity (Wildman–Crippen MR) is 179 cm³/mol. The number of para-hydroxylation sites is 1. The zero-order chi connectivity index (χ0) is 31.9. The SMILES string of the molecule is CCOC(=O)C1CC2(CCN(c3cc(NCc4ccccc4N4CCCCC4)nc(N)n3)CC2)CN1C(=O)OCc1ccccc1. The van der Waals surface area contributed by atoms with Gasteiger partial charge in [-0.15, -0.1) is 0 Å². The first kappa shape index (κ1) is 31.4. The smallest absolute Gasteiger partial charge is 0.410 e. The van der Waals surface area contributed by atoms with Crippen LogP contribution >= 0.6 is 0 Å². The molecule has 0 bridgehead atoms. The number of likely N-dealkylation sites (tertiary alicyclic amines) is 1. The lowest BCUT2D eigenvalue weighted by atomic mass is 9.76. The van der Waals surface area contributed by atoms with Crippen LogP contribution in [0.1, 0.15) is 56.6 Å². The number of carbonyl (C=O) groups is 2. The van der Waals surface area contributed by atoms with Crippen molar-refractivity contribution in [2.75, 3.05) is 60.2 Å². The zero-order valence-electron chi connectivity index (χ0n) is 26.7. The van der Waals surface area contributed by atoms with Gasteiger partial charge in [-0.05, 0) is 68.1 Å². The van der Waals surface area contributed by atoms with E-state index in [4.69, 9.17) is 15.2 Å². The topological polar surface area (TPSA) is 126 Å². The van der Waals surface area contributed by atoms with E-state index in [9.17, 15) is 9.59 Å². The average molecular weight is 628 g/mol. The van der Waals surface area contributed by atoms with Crippen LogP contribution in [0, 0.1) is 5.41 Å². The molecule has 1 spiro atoms. The molecule has 6 rings (SSSR count). The van der Waals surface area contributed by atoms with Crippen LogP contribution in [0.2, 0.25) is 0 Å². The molecule has 0 saturated carbocycles. The van der Waals surface area contributed by atoms with E-state index in [2.05, 4.69) is 49.4 Å². The van der Waals surface area contributed by atoms with E-state index >= 15 is 0 Å². The summed E-state index contributed by atoms with van der Waals surface area (Å²) >= 11 is 0. The Morgan fingerprint density at radius 2 is 1.67 bits per heavy atom. The summed E-state index contributed by atoms with van der Waals surface area (Å²) in [5, 5.41) is 3.49. The van der Waals surface area contributed by atoms with Crippen molar-refractivity contribution >= 4 is 35.3 Å². The highest BCUT2D eigenvalue weighted by atomic mass is 16.6. The fraction of sp³-hybridized carbons (Fsp3) is 0.486. The molecule has 1 aromatic heterocycles. The number of piperidine rings is 2. The summed E-state index contributed by atoms with van der Waals surface area (Å²) in [6.45, 7) is 6.90. The molecule has 0 radical (unpaired) electrons. The van der Waals surface area contributed by atoms with E-state index in [1.165, 1.54) is 30.5 Å². The summed E-state index contributed by atoms with van der Waals surface area (Å²) in [5.41, 5.74) is 9.38. The number of hydrogen-bond donors (Lipinski definition) is 2. The van der Waals surface area contributed by atoms with Gasteiger partial charge in [-0.3, -0.25) is 4.90 Å². The van der Waals surface area contributed by atoms with Gasteiger partial charge in [0, 0.05) is 51.0 Å². The molecule has 3 aliphatic heterocycles. The van der Waals surface area contributed by atoms with Crippen molar-refractivity contribution in [2.24, 2.45) is 5.41 Å². The highest BCUT2D eigenvalue weighted by Crippen LogP contribution is 2.44. The van der Waals surface area contributed by atoms with E-state index in [1.54, 1.807) is 11.8 Å². The fourth-order valence-corrected chi connectivity index (χ4v) is 7.07. The van der Waals surface area contributed by atoms with Gasteiger partial charge in [-0.25, -0.2) is 9.59 Å². The first-order chi connectivity index (χ1) is 22.4. The molecule has 3 aromatic rings. The maximum Gasteiger partial charge on any atom is 0.410 e. The quantitative estimate of drug-likeness (QED) is 0.305. The third-order valence-corrected chi connectivity index (χ3v) is 9.53. The van der Waals surface area contributed by atoms with Gasteiger partial charge < -0.3 is 30.3 Å². The molecular formula is C35H45N7O4. The number of carbonyl (C=O) groups excluding carboxylic acids is 2. The number of aromatic nitrogens is 2. The number of nitrogens with zero attached hydrogens (tertiary/aromatic N) is 5. The molecule has 4 heterocycles. The minimum Gasteiger partial charge on any atom is -0.464 e. The van der Waals surface area contributed by atoms with Gasteiger partial charge in [0.05, 0.1) is 6.61 Å². The molecule has 3 saturated heterocycles. The van der Waals surface area contributed by atoms with Crippen LogP contribution in [0.5, 0.6) is 0 Å². The van der Waals surface area contributed by atoms with Crippen molar-refractivity contribution in [1.29, 1.82) is 0 Å². The summed E-state index contributed by atoms with van der Waals surface area (Å²) in [6.07, 6.45) is 5.40. The Kier molecular flexibility index (Phi) is 9.75. The second-order valence-corrected chi connectivity index (χ2v) is 12.6. The van der Waals surface area contributed by atoms with Crippen molar-refractivity contribution in [2.45, 2.75) is 64.6 Å². The Morgan fingerprint density at radius 3 is 2.43 bits per heavy atom. The van der Waals surface area contributed by atoms with E-state index in [0.717, 1.165) is 50.4 Å². The normalized spacial score (nSPS) is 19.2. The summed E-state index contributed by atoms with van der Waals surface area (Å²) in [4.78, 5) is 41.5. The number of hydrogen-bond acceptors (Lipinski definition) is 10. The molecule has 3 fully saturated rings. The van der Waals surface area contributed by atoms with Crippen LogP contribution in [0.3, 0.4) is 0 Å². The van der Waals surface area contributed by atoms with E-state index in [-0.39, 0.29) is 30.5 Å². The molecule has 0 aliphatic carbocycles. The molecule has 1 atom stereocenters. The van der Waals surface area contributed by atoms with Crippen LogP contribution in [-0.4, -0.2) is 72.3 Å². The third kappa shape index (κ3) is 7.29. The maximum atomic E-state index is 13.2. The first-order valence-corrected chi connectivity index (χ1v) is 16.5. The number of rotatable bonds is 9. The number of ether oxygens (including phenoxy) is 2. The minimum atomic E-state index is -0.659. The van der Waals surface area contributed by atoms with Gasteiger partial charge in [-0.2, -0.15) is 9.97 Å². The lowest BCUT2D eigenvalue weighted by molar-refractivity contribution is -0.148. The lowest BCUT2D eigenvalue weighted by Gasteiger charge is -2.39. The number of esters is 1. The summed E-state index contributed by atoms with van der Waals surface area (Å²) in [5.74, 6) is 1.31. The molecule has 11 heteroatoms. The van der Waals surface area contributed by atoms with Gasteiger partial charge in [0.2, 0.25) is 5.95 Å². The number of nitrogen functional groups attached to an aromatic ring is 1. The van der Waals surface area contributed by atoms with Crippen LogP contribution in [0.4, 0.5) is 28.1 Å². The molecular weight excluding hydrogens is 582 g/mol. The van der Waals surface area contributed by atoms with Gasteiger partial charge in [0.15, 0.2) is 0 Å². The highest BCUT2D eigenvalue weighted by Gasteiger charge is 2.51. The van der Waals surface area contributed by atoms with E-state index in [1.807, 2.05) is 36.4 Å². The van der Waals surface area contributed by atoms with Crippen molar-refractivity contribution < 1.29 is 19.1 Å². The Morgan fingerprint density at radius 1 is 0.935 bits per heavy atom. The van der Waals surface area contributed by atoms with Crippen molar-refractivity contribution in [3.05, 3.63) is 71.8 Å². The van der Waals surface area contributed by atoms with E-state index in [0.29, 0.717) is 25.3 Å². The molecule has 1 unspecified atom stereocenters. The molecule has 1 amide bonds. The Labute approximate surface area is 271 Å². The summed E-state index contributed by atoms with van der Waals surface area (Å²) in [6, 6.07) is 19.4. The molecule has 46 heavy (non-hydrogen) atoms. The van der Waals surface area contributed by atoms with E-state index < -0.39 is 12.1 Å². The Balaban J connectivity index is 1.10. The standard InChI is InChI=1S/C35H45N7O4/c1-2-45-32(43)29-22-35(25-42(29)34(44)46-24-26-11-5-3-6-12-26)15-19-41(20-16-35)31-21-30(38-33(36)39-31)37-23-27-13-7-8-14-28(27)40-17-9-4-10-18-40/h3,5-8,11-14,21,29H,2,4,9-10,15-20,22-25H2,1H3,(H3,36,37,38,39). The number of nitrogens with one attached hydrogen (secondary N) is 1. The summed E-state index contributed by atoms with van der Waals surface area (Å²) in [7, 11) is 0. The van der Waals surface area contributed by atoms with Crippen LogP contribution in [0.25, 0.3) is 0 Å². The molecule has 3 N–H and O–H groups in total. The predicted octanol–water partition coefficient (Wildman–Crippen LogP) is 5.22. The van der Waals surface area contributed by atoms with Gasteiger partial charge in [0.1, 0.15) is 24.3 Å². The number of benzene rings is 2. The summed E-state index contributed by atoms with van der Waals surface area (Å²) < 4.78 is 11.0. The largest absolute Gasteiger partial charge is 0.464 e. The number of anilines is 4. The van der Waals surface area contributed by atoms with Gasteiger partial charge in [0.25, 0.3) is 0 Å². The number of nitrogens with two attached hydrogens (primary N) is 1. The van der Waals surface area contributed by atoms with Crippen molar-refractivity contribution in [1.82, 2.24) is 14.9 Å². The van der Waals surface area contributed by atoms with Crippen LogP contribution in [-0.2, 0) is 27.4 Å². The molecule has 11 nitrogen and oxygen atoms in total. The molecule has 2 aromatic carbocycles. The molecule has 244 valence electrons. The van der Waals surface area contributed by atoms with Crippen molar-refractivity contribution in [3.8, 4) is 0 Å². The minimum absolute atomic E-state index is 0.155. The Hall–Kier alpha value is -4.54. The van der Waals surface area contributed by atoms with Crippen LogP contribution in [0.15, 0.2) is 60.7 Å².